The fourth-order valence-corrected chi connectivity index (χ4v) is 6.81. The van der Waals surface area contributed by atoms with E-state index in [0.29, 0.717) is 0 Å². The van der Waals surface area contributed by atoms with Crippen LogP contribution in [0.15, 0.2) is 20.5 Å². The molecule has 0 aromatic rings. The highest BCUT2D eigenvalue weighted by atomic mass is 16.7. The maximum Gasteiger partial charge on any atom is 0.407 e. The van der Waals surface area contributed by atoms with E-state index in [9.17, 15) is 50.9 Å². The summed E-state index contributed by atoms with van der Waals surface area (Å²) in [5, 5.41) is 17.5. The Labute approximate surface area is 352 Å². The van der Waals surface area contributed by atoms with Crippen molar-refractivity contribution < 1.29 is 76.1 Å². The van der Waals surface area contributed by atoms with E-state index in [1.54, 1.807) is 20.8 Å². The number of ether oxygens (including phenoxy) is 10. The highest BCUT2D eigenvalue weighted by Crippen LogP contribution is 2.38. The van der Waals surface area contributed by atoms with E-state index in [2.05, 4.69) is 45.4 Å². The van der Waals surface area contributed by atoms with Crippen LogP contribution in [0.1, 0.15) is 68.2 Å². The molecule has 14 atom stereocenters. The Bertz CT molecular complexity index is 1860. The van der Waals surface area contributed by atoms with Gasteiger partial charge in [-0.1, -0.05) is 20.5 Å². The van der Waals surface area contributed by atoms with Crippen LogP contribution in [0.25, 0.3) is 41.8 Å². The number of nitrogens with zero attached hydrogens (tertiary/aromatic N) is 12. The summed E-state index contributed by atoms with van der Waals surface area (Å²) in [6.45, 7) is 9.10. The normalized spacial score (nSPS) is 31.6. The Hall–Kier alpha value is -6.30. The zero-order chi connectivity index (χ0) is 46.3. The molecule has 0 spiro atoms. The Morgan fingerprint density at radius 3 is 1.58 bits per heavy atom. The number of alkyl carbamates (subject to hydrolysis) is 1. The smallest absolute Gasteiger partial charge is 0.407 e. The van der Waals surface area contributed by atoms with Crippen molar-refractivity contribution in [1.82, 2.24) is 5.32 Å². The first-order chi connectivity index (χ1) is 29.2. The van der Waals surface area contributed by atoms with Crippen molar-refractivity contribution in [2.45, 2.75) is 159 Å². The van der Waals surface area contributed by atoms with Crippen molar-refractivity contribution in [3.05, 3.63) is 41.8 Å². The van der Waals surface area contributed by atoms with Gasteiger partial charge < -0.3 is 52.7 Å². The first-order valence-electron chi connectivity index (χ1n) is 18.8. The average Bonchev–Trinajstić information content (AvgIpc) is 3.14. The largest absolute Gasteiger partial charge is 0.463 e. The quantitative estimate of drug-likeness (QED) is 0.0761. The second-order valence-electron chi connectivity index (χ2n) is 14.8. The highest BCUT2D eigenvalue weighted by Gasteiger charge is 2.56. The molecule has 2 heterocycles. The number of carbonyl (C=O) groups is 6. The Balaban J connectivity index is 2.17. The number of nitrogens with one attached hydrogen (secondary N) is 1. The fraction of sp³-hybridized carbons (Fsp3) is 0.818. The zero-order valence-corrected chi connectivity index (χ0v) is 34.8. The first-order valence-corrected chi connectivity index (χ1v) is 18.8. The molecule has 0 unspecified atom stereocenters. The third kappa shape index (κ3) is 14.7. The minimum atomic E-state index is -1.88. The molecule has 3 fully saturated rings. The van der Waals surface area contributed by atoms with Crippen LogP contribution in [-0.2, 0) is 71.3 Å². The van der Waals surface area contributed by atoms with Gasteiger partial charge in [0.2, 0.25) is 0 Å². The summed E-state index contributed by atoms with van der Waals surface area (Å²) in [5.74, 6) is -4.40. The lowest BCUT2D eigenvalue weighted by Gasteiger charge is -2.49. The van der Waals surface area contributed by atoms with Gasteiger partial charge in [0.15, 0.2) is 24.8 Å². The van der Waals surface area contributed by atoms with E-state index in [1.807, 2.05) is 0 Å². The van der Waals surface area contributed by atoms with Gasteiger partial charge in [0.25, 0.3) is 0 Å². The lowest BCUT2D eigenvalue weighted by molar-refractivity contribution is -0.318. The van der Waals surface area contributed by atoms with Crippen LogP contribution in [0.2, 0.25) is 0 Å². The molecule has 1 saturated carbocycles. The maximum absolute atomic E-state index is 12.8. The first kappa shape index (κ1) is 50.1. The molecule has 29 heteroatoms. The topological polar surface area (TPSA) is 402 Å². The summed E-state index contributed by atoms with van der Waals surface area (Å²) in [7, 11) is 0. The number of carbonyl (C=O) groups excluding carboxylic acids is 6. The highest BCUT2D eigenvalue weighted by molar-refractivity contribution is 5.68. The molecule has 1 aliphatic carbocycles. The van der Waals surface area contributed by atoms with Gasteiger partial charge in [0.1, 0.15) is 54.9 Å². The molecule has 0 aromatic carbocycles. The molecule has 1 N–H and O–H groups in total. The van der Waals surface area contributed by atoms with E-state index in [4.69, 9.17) is 47.4 Å². The van der Waals surface area contributed by atoms with Crippen molar-refractivity contribution in [1.29, 1.82) is 0 Å². The predicted octanol–water partition coefficient (Wildman–Crippen LogP) is 3.53. The van der Waals surface area contributed by atoms with Crippen molar-refractivity contribution >= 4 is 35.9 Å². The van der Waals surface area contributed by atoms with E-state index >= 15 is 0 Å². The molecule has 29 nitrogen and oxygen atoms in total. The average molecular weight is 882 g/mol. The summed E-state index contributed by atoms with van der Waals surface area (Å²) in [5.41, 5.74) is 37.5. The number of hydrogen-bond donors (Lipinski definition) is 1. The lowest BCUT2D eigenvalue weighted by Crippen LogP contribution is -2.65. The van der Waals surface area contributed by atoms with Crippen LogP contribution < -0.4 is 5.32 Å². The van der Waals surface area contributed by atoms with Gasteiger partial charge in [0.05, 0.1) is 24.7 Å². The molecule has 3 aliphatic rings. The maximum atomic E-state index is 12.8. The molecule has 1 amide bonds. The third-order valence-corrected chi connectivity index (χ3v) is 8.91. The molecule has 340 valence electrons. The van der Waals surface area contributed by atoms with Gasteiger partial charge in [-0.25, -0.2) is 4.79 Å². The van der Waals surface area contributed by atoms with Crippen molar-refractivity contribution in [2.24, 2.45) is 20.5 Å². The second-order valence-corrected chi connectivity index (χ2v) is 14.8. The second kappa shape index (κ2) is 23.1. The van der Waals surface area contributed by atoms with Crippen molar-refractivity contribution in [2.75, 3.05) is 13.2 Å². The monoisotopic (exact) mass is 881 g/mol. The van der Waals surface area contributed by atoms with Crippen molar-refractivity contribution in [3.63, 3.8) is 0 Å². The molecule has 0 radical (unpaired) electrons. The molecule has 2 aliphatic heterocycles. The van der Waals surface area contributed by atoms with Gasteiger partial charge in [-0.2, -0.15) is 0 Å². The minimum Gasteiger partial charge on any atom is -0.463 e. The Morgan fingerprint density at radius 2 is 1.08 bits per heavy atom. The van der Waals surface area contributed by atoms with Crippen molar-refractivity contribution in [3.8, 4) is 0 Å². The van der Waals surface area contributed by atoms with Gasteiger partial charge >= 0.3 is 35.9 Å². The SMILES string of the molecule is CC(=O)OC[C@H]1O[C@H](O[C@@H]2[C@@H](OC(C)=O)[C@H](O[C@H]3O[C@H](CNC(=O)OC(C)(C)C)[C@@H](OC(C)=O)C[C@H]3N=[N+]=[N-])[C@@H](N=[N+]=[N-])C[C@H]2N=[N+]=[N-])[C@H](OC(C)=O)[C@@H](N=[N+]=[N-])[C@@H]1OC(C)=O. The number of amides is 1. The summed E-state index contributed by atoms with van der Waals surface area (Å²) in [6.07, 6.45) is -17.2. The van der Waals surface area contributed by atoms with Crippen LogP contribution >= 0.6 is 0 Å². The minimum absolute atomic E-state index is 0.249. The molecular formula is C33H47N13O16. The van der Waals surface area contributed by atoms with E-state index in [-0.39, 0.29) is 13.0 Å². The van der Waals surface area contributed by atoms with Crippen LogP contribution in [-0.4, -0.2) is 140 Å². The summed E-state index contributed by atoms with van der Waals surface area (Å²) in [6, 6.07) is -5.73. The Morgan fingerprint density at radius 1 is 0.597 bits per heavy atom. The van der Waals surface area contributed by atoms with Crippen LogP contribution in [0.3, 0.4) is 0 Å². The molecule has 3 rings (SSSR count). The number of esters is 5. The molecule has 0 bridgehead atoms. The summed E-state index contributed by atoms with van der Waals surface area (Å²) >= 11 is 0. The standard InChI is InChI=1S/C33H47N13O16/c1-13(47)53-12-23-27(55-15(3)49)24(42-46-37)28(56-16(4)50)31(59-23)61-26-19(40-44-35)9-18(39-43-34)25(29(26)57-17(5)51)60-30-20(41-45-36)10-21(54-14(2)48)22(58-30)11-38-32(52)62-33(6,7)8/h18-31H,9-12H2,1-8H3,(H,38,52)/t18-,19+,20+,21-,22+,23+,24-,25+,26-,27+,28+,29-,30+,31+/m0/s1. The number of hydrogen-bond acceptors (Lipinski definition) is 20. The van der Waals surface area contributed by atoms with Crippen LogP contribution in [0.4, 0.5) is 4.79 Å². The molecular weight excluding hydrogens is 834 g/mol. The molecule has 2 saturated heterocycles. The van der Waals surface area contributed by atoms with Crippen LogP contribution in [0, 0.1) is 0 Å². The lowest BCUT2D eigenvalue weighted by atomic mass is 9.83. The van der Waals surface area contributed by atoms with E-state index in [0.717, 1.165) is 34.6 Å². The van der Waals surface area contributed by atoms with Gasteiger partial charge in [0, 0.05) is 60.7 Å². The summed E-state index contributed by atoms with van der Waals surface area (Å²) < 4.78 is 57.3. The predicted molar refractivity (Wildman–Crippen MR) is 201 cm³/mol. The number of azide groups is 4. The summed E-state index contributed by atoms with van der Waals surface area (Å²) in [4.78, 5) is 85.4. The van der Waals surface area contributed by atoms with Gasteiger partial charge in [-0.05, 0) is 49.3 Å². The van der Waals surface area contributed by atoms with Gasteiger partial charge in [-0.3, -0.25) is 24.0 Å². The fourth-order valence-electron chi connectivity index (χ4n) is 6.81. The van der Waals surface area contributed by atoms with E-state index in [1.165, 1.54) is 0 Å². The Kier molecular flexibility index (Phi) is 18.6. The van der Waals surface area contributed by atoms with Gasteiger partial charge in [-0.15, -0.1) is 0 Å². The molecule has 62 heavy (non-hydrogen) atoms. The number of rotatable bonds is 16. The molecule has 0 aromatic heterocycles. The third-order valence-electron chi connectivity index (χ3n) is 8.91. The zero-order valence-electron chi connectivity index (χ0n) is 34.8. The van der Waals surface area contributed by atoms with E-state index < -0.39 is 140 Å². The van der Waals surface area contributed by atoms with Crippen LogP contribution in [0.5, 0.6) is 0 Å².